The summed E-state index contributed by atoms with van der Waals surface area (Å²) < 4.78 is 39.8. The van der Waals surface area contributed by atoms with Gasteiger partial charge in [-0.05, 0) is 81.3 Å². The van der Waals surface area contributed by atoms with Gasteiger partial charge in [0.2, 0.25) is 5.82 Å². The van der Waals surface area contributed by atoms with E-state index in [0.717, 1.165) is 32.3 Å². The van der Waals surface area contributed by atoms with Crippen LogP contribution in [0.3, 0.4) is 0 Å². The molecule has 1 aliphatic heterocycles. The van der Waals surface area contributed by atoms with Gasteiger partial charge in [-0.1, -0.05) is 19.4 Å². The van der Waals surface area contributed by atoms with Gasteiger partial charge in [-0.25, -0.2) is 4.39 Å². The topological polar surface area (TPSA) is 18.5 Å². The fourth-order valence-electron chi connectivity index (χ4n) is 4.78. The van der Waals surface area contributed by atoms with Crippen molar-refractivity contribution in [2.75, 3.05) is 13.2 Å². The van der Waals surface area contributed by atoms with E-state index in [1.165, 1.54) is 25.7 Å². The van der Waals surface area contributed by atoms with Gasteiger partial charge in [-0.15, -0.1) is 0 Å². The number of hydrogen-bond donors (Lipinski definition) is 0. The third kappa shape index (κ3) is 4.39. The quantitative estimate of drug-likeness (QED) is 0.594. The maximum absolute atomic E-state index is 14.5. The van der Waals surface area contributed by atoms with Crippen LogP contribution in [0.15, 0.2) is 12.1 Å². The zero-order valence-corrected chi connectivity index (χ0v) is 16.1. The van der Waals surface area contributed by atoms with E-state index >= 15 is 0 Å². The Morgan fingerprint density at radius 2 is 1.69 bits per heavy atom. The summed E-state index contributed by atoms with van der Waals surface area (Å²) in [5, 5.41) is 0. The Bertz CT molecular complexity index is 574. The highest BCUT2D eigenvalue weighted by Gasteiger charge is 2.32. The lowest BCUT2D eigenvalue weighted by Crippen LogP contribution is -2.32. The first-order chi connectivity index (χ1) is 12.6. The fraction of sp³-hybridized carbons (Fsp3) is 0.727. The predicted molar refractivity (Wildman–Crippen MR) is 99.6 cm³/mol. The Labute approximate surface area is 156 Å². The van der Waals surface area contributed by atoms with E-state index < -0.39 is 11.6 Å². The minimum Gasteiger partial charge on any atom is -0.491 e. The minimum absolute atomic E-state index is 0.0171. The molecule has 0 aromatic heterocycles. The van der Waals surface area contributed by atoms with Crippen molar-refractivity contribution in [3.05, 3.63) is 29.3 Å². The molecule has 0 N–H and O–H groups in total. The molecule has 2 nitrogen and oxygen atoms in total. The molecule has 0 bridgehead atoms. The monoisotopic (exact) mass is 366 g/mol. The largest absolute Gasteiger partial charge is 0.491 e. The molecule has 4 heteroatoms. The molecule has 1 saturated heterocycles. The first-order valence-corrected chi connectivity index (χ1v) is 10.4. The maximum Gasteiger partial charge on any atom is 0.200 e. The van der Waals surface area contributed by atoms with Crippen LogP contribution >= 0.6 is 0 Å². The summed E-state index contributed by atoms with van der Waals surface area (Å²) in [5.41, 5.74) is 0.521. The van der Waals surface area contributed by atoms with Crippen LogP contribution in [0, 0.1) is 23.5 Å². The van der Waals surface area contributed by atoms with Crippen molar-refractivity contribution in [1.82, 2.24) is 0 Å². The molecule has 1 heterocycles. The zero-order valence-electron chi connectivity index (χ0n) is 16.1. The summed E-state index contributed by atoms with van der Waals surface area (Å²) in [4.78, 5) is 0. The average Bonchev–Trinajstić information content (AvgIpc) is 2.67. The van der Waals surface area contributed by atoms with Crippen LogP contribution in [0.2, 0.25) is 0 Å². The molecule has 0 spiro atoms. The molecular formula is C22H32F2O2. The van der Waals surface area contributed by atoms with E-state index in [2.05, 4.69) is 6.92 Å². The van der Waals surface area contributed by atoms with Crippen molar-refractivity contribution >= 4 is 0 Å². The summed E-state index contributed by atoms with van der Waals surface area (Å²) >= 11 is 0. The molecule has 146 valence electrons. The highest BCUT2D eigenvalue weighted by atomic mass is 19.2. The van der Waals surface area contributed by atoms with Crippen molar-refractivity contribution in [1.29, 1.82) is 0 Å². The Balaban J connectivity index is 1.55. The minimum atomic E-state index is -0.839. The molecule has 2 unspecified atom stereocenters. The molecule has 1 aromatic rings. The Kier molecular flexibility index (Phi) is 6.91. The van der Waals surface area contributed by atoms with Crippen LogP contribution < -0.4 is 4.74 Å². The molecule has 0 amide bonds. The van der Waals surface area contributed by atoms with Gasteiger partial charge in [0.15, 0.2) is 11.6 Å². The third-order valence-corrected chi connectivity index (χ3v) is 6.27. The van der Waals surface area contributed by atoms with E-state index in [0.29, 0.717) is 30.1 Å². The Morgan fingerprint density at radius 1 is 0.962 bits per heavy atom. The van der Waals surface area contributed by atoms with Crippen molar-refractivity contribution < 1.29 is 18.3 Å². The van der Waals surface area contributed by atoms with Crippen molar-refractivity contribution in [2.24, 2.45) is 11.8 Å². The number of benzene rings is 1. The molecule has 0 radical (unpaired) electrons. The van der Waals surface area contributed by atoms with Gasteiger partial charge in [-0.2, -0.15) is 4.39 Å². The Hall–Kier alpha value is -1.16. The fourth-order valence-corrected chi connectivity index (χ4v) is 4.78. The number of ether oxygens (including phenoxy) is 2. The smallest absolute Gasteiger partial charge is 0.200 e. The highest BCUT2D eigenvalue weighted by molar-refractivity contribution is 5.33. The first-order valence-electron chi connectivity index (χ1n) is 10.4. The van der Waals surface area contributed by atoms with Gasteiger partial charge in [0.25, 0.3) is 0 Å². The normalized spacial score (nSPS) is 29.5. The van der Waals surface area contributed by atoms with Gasteiger partial charge in [-0.3, -0.25) is 0 Å². The van der Waals surface area contributed by atoms with Crippen LogP contribution in [0.1, 0.15) is 76.7 Å². The molecule has 1 aromatic carbocycles. The van der Waals surface area contributed by atoms with Gasteiger partial charge in [0, 0.05) is 0 Å². The summed E-state index contributed by atoms with van der Waals surface area (Å²) in [5.74, 6) is -0.107. The molecule has 1 aliphatic carbocycles. The number of halogens is 2. The van der Waals surface area contributed by atoms with Crippen LogP contribution in [-0.4, -0.2) is 19.3 Å². The van der Waals surface area contributed by atoms with Crippen molar-refractivity contribution in [2.45, 2.75) is 77.2 Å². The molecular weight excluding hydrogens is 334 g/mol. The molecule has 1 saturated carbocycles. The van der Waals surface area contributed by atoms with Gasteiger partial charge < -0.3 is 9.47 Å². The molecule has 2 aliphatic rings. The van der Waals surface area contributed by atoms with Crippen LogP contribution in [0.5, 0.6) is 5.75 Å². The Morgan fingerprint density at radius 3 is 2.31 bits per heavy atom. The number of rotatable bonds is 6. The summed E-state index contributed by atoms with van der Waals surface area (Å²) in [7, 11) is 0. The molecule has 2 atom stereocenters. The SMILES string of the molecule is CCCC1CCC(C2CCC(c3ccc(OCC)c(F)c3F)CC2)CO1. The van der Waals surface area contributed by atoms with Gasteiger partial charge in [0.05, 0.1) is 19.3 Å². The molecule has 3 rings (SSSR count). The lowest BCUT2D eigenvalue weighted by Gasteiger charge is -2.38. The van der Waals surface area contributed by atoms with Crippen LogP contribution in [-0.2, 0) is 4.74 Å². The summed E-state index contributed by atoms with van der Waals surface area (Å²) in [6, 6.07) is 3.29. The average molecular weight is 366 g/mol. The van der Waals surface area contributed by atoms with Crippen LogP contribution in [0.4, 0.5) is 8.78 Å². The first kappa shape index (κ1) is 19.6. The second kappa shape index (κ2) is 9.16. The van der Waals surface area contributed by atoms with Crippen molar-refractivity contribution in [3.63, 3.8) is 0 Å². The second-order valence-corrected chi connectivity index (χ2v) is 7.91. The van der Waals surface area contributed by atoms with E-state index in [1.807, 2.05) is 0 Å². The summed E-state index contributed by atoms with van der Waals surface area (Å²) in [6.45, 7) is 5.20. The van der Waals surface area contributed by atoms with E-state index in [1.54, 1.807) is 19.1 Å². The predicted octanol–water partition coefficient (Wildman–Crippen LogP) is 6.23. The van der Waals surface area contributed by atoms with Gasteiger partial charge in [0.1, 0.15) is 0 Å². The van der Waals surface area contributed by atoms with E-state index in [9.17, 15) is 8.78 Å². The van der Waals surface area contributed by atoms with Gasteiger partial charge >= 0.3 is 0 Å². The highest BCUT2D eigenvalue weighted by Crippen LogP contribution is 2.43. The second-order valence-electron chi connectivity index (χ2n) is 7.91. The number of hydrogen-bond acceptors (Lipinski definition) is 2. The lowest BCUT2D eigenvalue weighted by molar-refractivity contribution is -0.0409. The molecule has 2 fully saturated rings. The maximum atomic E-state index is 14.5. The van der Waals surface area contributed by atoms with E-state index in [4.69, 9.17) is 9.47 Å². The standard InChI is InChI=1S/C22H32F2O2/c1-3-5-18-11-10-17(14-26-18)15-6-8-16(9-7-15)19-12-13-20(25-4-2)22(24)21(19)23/h12-13,15-18H,3-11,14H2,1-2H3. The third-order valence-electron chi connectivity index (χ3n) is 6.27. The molecule has 26 heavy (non-hydrogen) atoms. The van der Waals surface area contributed by atoms with Crippen molar-refractivity contribution in [3.8, 4) is 5.75 Å². The lowest BCUT2D eigenvalue weighted by atomic mass is 9.72. The zero-order chi connectivity index (χ0) is 18.5. The summed E-state index contributed by atoms with van der Waals surface area (Å²) in [6.07, 6.45) is 9.29. The van der Waals surface area contributed by atoms with E-state index in [-0.39, 0.29) is 11.7 Å². The van der Waals surface area contributed by atoms with Crippen LogP contribution in [0.25, 0.3) is 0 Å².